The first-order valence-corrected chi connectivity index (χ1v) is 10.8. The van der Waals surface area contributed by atoms with Gasteiger partial charge in [-0.2, -0.15) is 0 Å². The maximum Gasteiger partial charge on any atom is 0.231 e. The fourth-order valence-corrected chi connectivity index (χ4v) is 4.54. The third-order valence-corrected chi connectivity index (χ3v) is 6.29. The molecule has 1 amide bonds. The number of halogens is 1. The maximum absolute atomic E-state index is 12.1. The Hall–Kier alpha value is -2.33. The molecule has 1 aromatic carbocycles. The number of fused-ring (bicyclic) bond motifs is 1. The summed E-state index contributed by atoms with van der Waals surface area (Å²) in [5.41, 5.74) is 0.679. The summed E-state index contributed by atoms with van der Waals surface area (Å²) in [4.78, 5) is 17.6. The van der Waals surface area contributed by atoms with Crippen molar-refractivity contribution in [2.45, 2.75) is 12.5 Å². The number of aliphatic hydroxyl groups excluding tert-OH is 1. The lowest BCUT2D eigenvalue weighted by Crippen LogP contribution is -2.36. The molecule has 1 aliphatic rings. The third-order valence-electron chi connectivity index (χ3n) is 4.00. The molecule has 10 heteroatoms. The molecule has 1 aliphatic heterocycles. The quantitative estimate of drug-likeness (QED) is 0.544. The molecule has 0 saturated heterocycles. The highest BCUT2D eigenvalue weighted by Gasteiger charge is 2.15. The fraction of sp³-hybridized carbons (Fsp3) is 0.263. The van der Waals surface area contributed by atoms with Crippen LogP contribution in [0.3, 0.4) is 0 Å². The van der Waals surface area contributed by atoms with Crippen LogP contribution >= 0.6 is 34.3 Å². The summed E-state index contributed by atoms with van der Waals surface area (Å²) in [7, 11) is 0. The van der Waals surface area contributed by atoms with Crippen molar-refractivity contribution in [2.75, 3.05) is 19.9 Å². The number of ether oxygens (including phenoxy) is 3. The average molecular weight is 453 g/mol. The number of hydrogen-bond acceptors (Lipinski definition) is 8. The van der Waals surface area contributed by atoms with Gasteiger partial charge >= 0.3 is 0 Å². The molecule has 152 valence electrons. The number of nitrogens with one attached hydrogen (secondary N) is 1. The van der Waals surface area contributed by atoms with Crippen LogP contribution in [0.5, 0.6) is 17.2 Å². The monoisotopic (exact) mass is 452 g/mol. The second-order valence-electron chi connectivity index (χ2n) is 6.21. The van der Waals surface area contributed by atoms with Gasteiger partial charge in [0.05, 0.1) is 21.3 Å². The standard InChI is InChI=1S/C19H17ClN2O5S2/c20-17-4-3-16(29-17)19-22-11(9-28-19)5-18(24)21-7-12(23)8-25-13-1-2-14-15(6-13)27-10-26-14/h1-4,6,9,12,23H,5,7-8,10H2,(H,21,24). The van der Waals surface area contributed by atoms with Crippen LogP contribution in [0.15, 0.2) is 35.7 Å². The molecule has 4 rings (SSSR count). The molecule has 0 spiro atoms. The van der Waals surface area contributed by atoms with Crippen LogP contribution in [0.4, 0.5) is 0 Å². The van der Waals surface area contributed by atoms with Crippen molar-refractivity contribution in [3.8, 4) is 27.1 Å². The molecule has 1 unspecified atom stereocenters. The van der Waals surface area contributed by atoms with Gasteiger partial charge in [-0.25, -0.2) is 4.98 Å². The number of aromatic nitrogens is 1. The predicted molar refractivity (Wildman–Crippen MR) is 111 cm³/mol. The Bertz CT molecular complexity index is 1010. The van der Waals surface area contributed by atoms with Gasteiger partial charge in [0.15, 0.2) is 11.5 Å². The highest BCUT2D eigenvalue weighted by molar-refractivity contribution is 7.23. The van der Waals surface area contributed by atoms with Crippen molar-refractivity contribution in [2.24, 2.45) is 0 Å². The molecular formula is C19H17ClN2O5S2. The zero-order valence-corrected chi connectivity index (χ0v) is 17.5. The van der Waals surface area contributed by atoms with E-state index in [4.69, 9.17) is 25.8 Å². The van der Waals surface area contributed by atoms with E-state index in [2.05, 4.69) is 10.3 Å². The number of thiophene rings is 1. The number of thiazole rings is 1. The van der Waals surface area contributed by atoms with E-state index >= 15 is 0 Å². The van der Waals surface area contributed by atoms with Gasteiger partial charge in [0.2, 0.25) is 12.7 Å². The minimum Gasteiger partial charge on any atom is -0.491 e. The molecule has 0 bridgehead atoms. The average Bonchev–Trinajstić information content (AvgIpc) is 3.45. The van der Waals surface area contributed by atoms with Gasteiger partial charge in [0.1, 0.15) is 23.5 Å². The first-order valence-electron chi connectivity index (χ1n) is 8.74. The Morgan fingerprint density at radius 3 is 3.00 bits per heavy atom. The molecule has 3 aromatic rings. The number of nitrogens with zero attached hydrogens (tertiary/aromatic N) is 1. The molecule has 2 N–H and O–H groups in total. The fourth-order valence-electron chi connectivity index (χ4n) is 2.61. The summed E-state index contributed by atoms with van der Waals surface area (Å²) in [5.74, 6) is 1.62. The lowest BCUT2D eigenvalue weighted by Gasteiger charge is -2.13. The molecule has 29 heavy (non-hydrogen) atoms. The van der Waals surface area contributed by atoms with Crippen molar-refractivity contribution < 1.29 is 24.1 Å². The highest BCUT2D eigenvalue weighted by Crippen LogP contribution is 2.35. The molecule has 0 fully saturated rings. The van der Waals surface area contributed by atoms with E-state index in [9.17, 15) is 9.90 Å². The van der Waals surface area contributed by atoms with Gasteiger partial charge in [-0.1, -0.05) is 11.6 Å². The second-order valence-corrected chi connectivity index (χ2v) is 8.78. The minimum atomic E-state index is -0.844. The Labute approximate surface area is 179 Å². The lowest BCUT2D eigenvalue weighted by molar-refractivity contribution is -0.121. The Morgan fingerprint density at radius 2 is 2.17 bits per heavy atom. The van der Waals surface area contributed by atoms with Crippen molar-refractivity contribution >= 4 is 40.2 Å². The smallest absolute Gasteiger partial charge is 0.231 e. The van der Waals surface area contributed by atoms with Crippen LogP contribution in [-0.2, 0) is 11.2 Å². The van der Waals surface area contributed by atoms with E-state index in [0.717, 1.165) is 9.88 Å². The normalized spacial score (nSPS) is 13.3. The number of aliphatic hydroxyl groups is 1. The zero-order chi connectivity index (χ0) is 20.2. The SMILES string of the molecule is O=C(Cc1csc(-c2ccc(Cl)s2)n1)NCC(O)COc1ccc2c(c1)OCO2. The first-order chi connectivity index (χ1) is 14.1. The summed E-state index contributed by atoms with van der Waals surface area (Å²) in [6.45, 7) is 0.315. The van der Waals surface area contributed by atoms with E-state index < -0.39 is 6.10 Å². The lowest BCUT2D eigenvalue weighted by atomic mass is 10.3. The molecule has 7 nitrogen and oxygen atoms in total. The van der Waals surface area contributed by atoms with Gasteiger partial charge in [-0.15, -0.1) is 22.7 Å². The molecule has 1 atom stereocenters. The summed E-state index contributed by atoms with van der Waals surface area (Å²) in [6.07, 6.45) is -0.700. The number of amides is 1. The largest absolute Gasteiger partial charge is 0.491 e. The molecule has 0 aliphatic carbocycles. The maximum atomic E-state index is 12.1. The predicted octanol–water partition coefficient (Wildman–Crippen LogP) is 3.35. The summed E-state index contributed by atoms with van der Waals surface area (Å²) in [5, 5.41) is 15.4. The Morgan fingerprint density at radius 1 is 1.31 bits per heavy atom. The van der Waals surface area contributed by atoms with Crippen LogP contribution in [0.1, 0.15) is 5.69 Å². The molecular weight excluding hydrogens is 436 g/mol. The van der Waals surface area contributed by atoms with Gasteiger partial charge in [-0.3, -0.25) is 4.79 Å². The number of carbonyl (C=O) groups excluding carboxylic acids is 1. The Balaban J connectivity index is 1.21. The summed E-state index contributed by atoms with van der Waals surface area (Å²) < 4.78 is 16.8. The zero-order valence-electron chi connectivity index (χ0n) is 15.1. The number of hydrogen-bond donors (Lipinski definition) is 2. The van der Waals surface area contributed by atoms with E-state index in [0.29, 0.717) is 27.3 Å². The molecule has 2 aromatic heterocycles. The van der Waals surface area contributed by atoms with Crippen molar-refractivity contribution in [1.29, 1.82) is 0 Å². The van der Waals surface area contributed by atoms with E-state index in [1.54, 1.807) is 18.2 Å². The molecule has 3 heterocycles. The van der Waals surface area contributed by atoms with Gasteiger partial charge < -0.3 is 24.6 Å². The Kier molecular flexibility index (Phi) is 6.19. The minimum absolute atomic E-state index is 0.0416. The second kappa shape index (κ2) is 9.00. The first kappa shape index (κ1) is 20.0. The third kappa shape index (κ3) is 5.18. The van der Waals surface area contributed by atoms with Crippen LogP contribution in [0, 0.1) is 0 Å². The van der Waals surface area contributed by atoms with E-state index in [-0.39, 0.29) is 32.3 Å². The van der Waals surface area contributed by atoms with Crippen molar-refractivity contribution in [1.82, 2.24) is 10.3 Å². The summed E-state index contributed by atoms with van der Waals surface area (Å²) >= 11 is 8.86. The van der Waals surface area contributed by atoms with Crippen LogP contribution in [0.25, 0.3) is 9.88 Å². The number of rotatable bonds is 8. The highest BCUT2D eigenvalue weighted by atomic mass is 35.5. The van der Waals surface area contributed by atoms with Crippen molar-refractivity contribution in [3.63, 3.8) is 0 Å². The van der Waals surface area contributed by atoms with Crippen LogP contribution < -0.4 is 19.5 Å². The van der Waals surface area contributed by atoms with Crippen LogP contribution in [0.2, 0.25) is 4.34 Å². The van der Waals surface area contributed by atoms with Crippen molar-refractivity contribution in [3.05, 3.63) is 45.7 Å². The molecule has 0 radical (unpaired) electrons. The van der Waals surface area contributed by atoms with E-state index in [1.807, 2.05) is 17.5 Å². The number of carbonyl (C=O) groups is 1. The molecule has 0 saturated carbocycles. The number of benzene rings is 1. The summed E-state index contributed by atoms with van der Waals surface area (Å²) in [6, 6.07) is 8.92. The van der Waals surface area contributed by atoms with Crippen LogP contribution in [-0.4, -0.2) is 42.0 Å². The topological polar surface area (TPSA) is 89.9 Å². The van der Waals surface area contributed by atoms with Gasteiger partial charge in [0.25, 0.3) is 0 Å². The van der Waals surface area contributed by atoms with Gasteiger partial charge in [-0.05, 0) is 24.3 Å². The van der Waals surface area contributed by atoms with E-state index in [1.165, 1.54) is 22.7 Å². The van der Waals surface area contributed by atoms with Gasteiger partial charge in [0, 0.05) is 18.0 Å².